The van der Waals surface area contributed by atoms with Crippen LogP contribution in [0.1, 0.15) is 40.1 Å². The number of fused-ring (bicyclic) bond motifs is 1. The van der Waals surface area contributed by atoms with E-state index in [1.165, 1.54) is 4.90 Å². The Hall–Kier alpha value is -3.93. The molecule has 1 N–H and O–H groups in total. The van der Waals surface area contributed by atoms with E-state index in [4.69, 9.17) is 0 Å². The maximum absolute atomic E-state index is 13.2. The Morgan fingerprint density at radius 2 is 1.48 bits per heavy atom. The van der Waals surface area contributed by atoms with E-state index in [2.05, 4.69) is 5.32 Å². The number of hydrogen-bond acceptors (Lipinski definition) is 3. The molecule has 0 radical (unpaired) electrons. The maximum Gasteiger partial charge on any atom is 0.326 e. The van der Waals surface area contributed by atoms with Gasteiger partial charge in [-0.25, -0.2) is 4.79 Å². The van der Waals surface area contributed by atoms with Crippen molar-refractivity contribution in [2.24, 2.45) is 0 Å². The average molecular weight is 413 g/mol. The molecule has 3 aromatic carbocycles. The van der Waals surface area contributed by atoms with Crippen molar-refractivity contribution in [1.29, 1.82) is 0 Å². The Balaban J connectivity index is 1.60. The number of benzene rings is 3. The van der Waals surface area contributed by atoms with Crippen molar-refractivity contribution in [2.45, 2.75) is 26.4 Å². The monoisotopic (exact) mass is 413 g/mol. The molecule has 0 aliphatic carbocycles. The van der Waals surface area contributed by atoms with Gasteiger partial charge in [-0.1, -0.05) is 48.5 Å². The smallest absolute Gasteiger partial charge is 0.308 e. The number of imide groups is 1. The number of amides is 4. The van der Waals surface area contributed by atoms with Crippen LogP contribution in [-0.4, -0.2) is 28.8 Å². The van der Waals surface area contributed by atoms with Crippen LogP contribution in [0.25, 0.3) is 0 Å². The van der Waals surface area contributed by atoms with E-state index in [-0.39, 0.29) is 23.9 Å². The largest absolute Gasteiger partial charge is 0.326 e. The number of rotatable bonds is 5. The molecule has 0 spiro atoms. The van der Waals surface area contributed by atoms with Gasteiger partial charge in [-0.15, -0.1) is 0 Å². The number of carbonyl (C=O) groups excluding carboxylic acids is 3. The number of hydrogen-bond donors (Lipinski definition) is 1. The summed E-state index contributed by atoms with van der Waals surface area (Å²) in [6, 6.07) is 23.4. The molecule has 0 unspecified atom stereocenters. The first kappa shape index (κ1) is 20.3. The SMILES string of the molecule is CC(C)N1C(=O)c2ccc(NC(=O)N(Cc3ccccc3)c3ccccc3)cc2C1=O. The minimum Gasteiger partial charge on any atom is -0.308 e. The lowest BCUT2D eigenvalue weighted by atomic mass is 10.1. The van der Waals surface area contributed by atoms with Gasteiger partial charge in [0, 0.05) is 17.4 Å². The van der Waals surface area contributed by atoms with Gasteiger partial charge in [-0.05, 0) is 49.7 Å². The van der Waals surface area contributed by atoms with Crippen molar-refractivity contribution >= 4 is 29.2 Å². The van der Waals surface area contributed by atoms with Crippen LogP contribution in [0.2, 0.25) is 0 Å². The summed E-state index contributed by atoms with van der Waals surface area (Å²) in [5.41, 5.74) is 2.88. The number of urea groups is 1. The Labute approximate surface area is 181 Å². The van der Waals surface area contributed by atoms with Gasteiger partial charge < -0.3 is 5.32 Å². The molecule has 1 aliphatic heterocycles. The molecule has 1 aliphatic rings. The number of nitrogens with one attached hydrogen (secondary N) is 1. The Bertz CT molecular complexity index is 1130. The summed E-state index contributed by atoms with van der Waals surface area (Å²) in [5, 5.41) is 2.87. The summed E-state index contributed by atoms with van der Waals surface area (Å²) in [6.45, 7) is 3.98. The minimum absolute atomic E-state index is 0.232. The molecule has 0 bridgehead atoms. The van der Waals surface area contributed by atoms with E-state index in [1.54, 1.807) is 36.9 Å². The first-order chi connectivity index (χ1) is 15.0. The lowest BCUT2D eigenvalue weighted by molar-refractivity contribution is 0.0609. The van der Waals surface area contributed by atoms with Crippen molar-refractivity contribution < 1.29 is 14.4 Å². The predicted octanol–water partition coefficient (Wildman–Crippen LogP) is 4.93. The van der Waals surface area contributed by atoms with Crippen molar-refractivity contribution in [2.75, 3.05) is 10.2 Å². The topological polar surface area (TPSA) is 69.7 Å². The van der Waals surface area contributed by atoms with Gasteiger partial charge in [0.05, 0.1) is 17.7 Å². The Morgan fingerprint density at radius 1 is 0.871 bits per heavy atom. The third kappa shape index (κ3) is 4.05. The first-order valence-electron chi connectivity index (χ1n) is 10.1. The molecular weight excluding hydrogens is 390 g/mol. The molecule has 1 heterocycles. The molecule has 0 saturated heterocycles. The van der Waals surface area contributed by atoms with Crippen molar-refractivity contribution in [3.8, 4) is 0 Å². The molecule has 31 heavy (non-hydrogen) atoms. The number of anilines is 2. The summed E-state index contributed by atoms with van der Waals surface area (Å²) in [6.07, 6.45) is 0. The molecular formula is C25H23N3O3. The highest BCUT2D eigenvalue weighted by Crippen LogP contribution is 2.28. The van der Waals surface area contributed by atoms with E-state index >= 15 is 0 Å². The summed E-state index contributed by atoms with van der Waals surface area (Å²) in [4.78, 5) is 41.2. The summed E-state index contributed by atoms with van der Waals surface area (Å²) >= 11 is 0. The second kappa shape index (κ2) is 8.44. The number of carbonyl (C=O) groups is 3. The highest BCUT2D eigenvalue weighted by Gasteiger charge is 2.37. The molecule has 0 atom stereocenters. The van der Waals surface area contributed by atoms with Gasteiger partial charge in [-0.3, -0.25) is 19.4 Å². The summed E-state index contributed by atoms with van der Waals surface area (Å²) < 4.78 is 0. The molecule has 156 valence electrons. The van der Waals surface area contributed by atoms with Crippen LogP contribution in [0.5, 0.6) is 0 Å². The first-order valence-corrected chi connectivity index (χ1v) is 10.1. The van der Waals surface area contributed by atoms with Crippen LogP contribution in [0, 0.1) is 0 Å². The van der Waals surface area contributed by atoms with Crippen LogP contribution in [-0.2, 0) is 6.54 Å². The Morgan fingerprint density at radius 3 is 2.13 bits per heavy atom. The lowest BCUT2D eigenvalue weighted by Crippen LogP contribution is -2.36. The third-order valence-corrected chi connectivity index (χ3v) is 5.18. The van der Waals surface area contributed by atoms with Gasteiger partial charge in [0.25, 0.3) is 11.8 Å². The van der Waals surface area contributed by atoms with E-state index in [1.807, 2.05) is 60.7 Å². The molecule has 3 aromatic rings. The minimum atomic E-state index is -0.338. The van der Waals surface area contributed by atoms with Crippen molar-refractivity contribution in [3.05, 3.63) is 95.6 Å². The highest BCUT2D eigenvalue weighted by atomic mass is 16.2. The van der Waals surface area contributed by atoms with Gasteiger partial charge in [0.1, 0.15) is 0 Å². The van der Waals surface area contributed by atoms with Crippen molar-refractivity contribution in [3.63, 3.8) is 0 Å². The van der Waals surface area contributed by atoms with Gasteiger partial charge >= 0.3 is 6.03 Å². The van der Waals surface area contributed by atoms with Gasteiger partial charge in [0.15, 0.2) is 0 Å². The number of para-hydroxylation sites is 1. The second-order valence-electron chi connectivity index (χ2n) is 7.67. The highest BCUT2D eigenvalue weighted by molar-refractivity contribution is 6.22. The zero-order valence-corrected chi connectivity index (χ0v) is 17.4. The fraction of sp³-hybridized carbons (Fsp3) is 0.160. The number of nitrogens with zero attached hydrogens (tertiary/aromatic N) is 2. The molecule has 0 aromatic heterocycles. The summed E-state index contributed by atoms with van der Waals surface area (Å²) in [5.74, 6) is -0.641. The maximum atomic E-state index is 13.2. The molecule has 0 saturated carbocycles. The Kier molecular flexibility index (Phi) is 5.54. The fourth-order valence-corrected chi connectivity index (χ4v) is 3.65. The molecule has 4 rings (SSSR count). The van der Waals surface area contributed by atoms with E-state index in [9.17, 15) is 14.4 Å². The fourth-order valence-electron chi connectivity index (χ4n) is 3.65. The predicted molar refractivity (Wildman–Crippen MR) is 120 cm³/mol. The molecule has 6 nitrogen and oxygen atoms in total. The average Bonchev–Trinajstić information content (AvgIpc) is 3.03. The zero-order valence-electron chi connectivity index (χ0n) is 17.4. The van der Waals surface area contributed by atoms with Crippen molar-refractivity contribution in [1.82, 2.24) is 4.90 Å². The van der Waals surface area contributed by atoms with E-state index < -0.39 is 0 Å². The van der Waals surface area contributed by atoms with Crippen LogP contribution in [0.3, 0.4) is 0 Å². The van der Waals surface area contributed by atoms with Crippen LogP contribution >= 0.6 is 0 Å². The normalized spacial score (nSPS) is 12.8. The standard InChI is InChI=1S/C25H23N3O3/c1-17(2)28-23(29)21-14-13-19(15-22(21)24(28)30)26-25(31)27(20-11-7-4-8-12-20)16-18-9-5-3-6-10-18/h3-15,17H,16H2,1-2H3,(H,26,31). The lowest BCUT2D eigenvalue weighted by Gasteiger charge is -2.23. The van der Waals surface area contributed by atoms with Crippen LogP contribution in [0.15, 0.2) is 78.9 Å². The van der Waals surface area contributed by atoms with E-state index in [0.29, 0.717) is 23.4 Å². The molecule has 6 heteroatoms. The van der Waals surface area contributed by atoms with Gasteiger partial charge in [-0.2, -0.15) is 0 Å². The third-order valence-electron chi connectivity index (χ3n) is 5.18. The van der Waals surface area contributed by atoms with Crippen LogP contribution in [0.4, 0.5) is 16.2 Å². The molecule has 0 fully saturated rings. The van der Waals surface area contributed by atoms with Gasteiger partial charge in [0.2, 0.25) is 0 Å². The molecule has 4 amide bonds. The quantitative estimate of drug-likeness (QED) is 0.603. The zero-order chi connectivity index (χ0) is 22.0. The summed E-state index contributed by atoms with van der Waals surface area (Å²) in [7, 11) is 0. The second-order valence-corrected chi connectivity index (χ2v) is 7.67. The van der Waals surface area contributed by atoms with Crippen LogP contribution < -0.4 is 10.2 Å². The van der Waals surface area contributed by atoms with E-state index in [0.717, 1.165) is 11.3 Å².